The fourth-order valence-corrected chi connectivity index (χ4v) is 3.08. The third-order valence-electron chi connectivity index (χ3n) is 3.66. The molecule has 2 aromatic carbocycles. The zero-order valence-corrected chi connectivity index (χ0v) is 14.8. The summed E-state index contributed by atoms with van der Waals surface area (Å²) in [5.74, 6) is 0. The first-order chi connectivity index (χ1) is 10.1. The highest BCUT2D eigenvalue weighted by Gasteiger charge is 2.16. The maximum absolute atomic E-state index is 6.42. The molecule has 0 saturated heterocycles. The fourth-order valence-electron chi connectivity index (χ4n) is 2.45. The predicted molar refractivity (Wildman–Crippen MR) is 95.1 cm³/mol. The van der Waals surface area contributed by atoms with Crippen molar-refractivity contribution in [3.05, 3.63) is 68.7 Å². The highest BCUT2D eigenvalue weighted by Crippen LogP contribution is 2.29. The third kappa shape index (κ3) is 4.57. The summed E-state index contributed by atoms with van der Waals surface area (Å²) < 4.78 is 1.06. The van der Waals surface area contributed by atoms with Gasteiger partial charge in [0.05, 0.1) is 0 Å². The van der Waals surface area contributed by atoms with Crippen LogP contribution in [-0.4, -0.2) is 6.54 Å². The first-order valence-electron chi connectivity index (χ1n) is 7.34. The quantitative estimate of drug-likeness (QED) is 0.692. The molecule has 0 bridgehead atoms. The molecule has 2 aromatic rings. The molecule has 1 atom stereocenters. The standard InChI is InChI=1S/C18H21BrClN/c1-3-10-21-18(11-14-7-5-4-6-13(14)2)16-12-15(19)8-9-17(16)20/h4-9,12,18,21H,3,10-11H2,1-2H3. The van der Waals surface area contributed by atoms with Gasteiger partial charge in [0.2, 0.25) is 0 Å². The van der Waals surface area contributed by atoms with Crippen molar-refractivity contribution < 1.29 is 0 Å². The Labute approximate surface area is 140 Å². The summed E-state index contributed by atoms with van der Waals surface area (Å²) in [4.78, 5) is 0. The van der Waals surface area contributed by atoms with Crippen LogP contribution in [0.4, 0.5) is 0 Å². The van der Waals surface area contributed by atoms with Gasteiger partial charge in [-0.3, -0.25) is 0 Å². The van der Waals surface area contributed by atoms with E-state index in [1.54, 1.807) is 0 Å². The van der Waals surface area contributed by atoms with Gasteiger partial charge in [0, 0.05) is 15.5 Å². The van der Waals surface area contributed by atoms with E-state index in [4.69, 9.17) is 11.6 Å². The van der Waals surface area contributed by atoms with Crippen LogP contribution >= 0.6 is 27.5 Å². The summed E-state index contributed by atoms with van der Waals surface area (Å²) in [5.41, 5.74) is 3.84. The maximum atomic E-state index is 6.42. The van der Waals surface area contributed by atoms with E-state index >= 15 is 0 Å². The van der Waals surface area contributed by atoms with Crippen LogP contribution in [0.5, 0.6) is 0 Å². The Bertz CT molecular complexity index is 598. The van der Waals surface area contributed by atoms with Crippen LogP contribution in [0.3, 0.4) is 0 Å². The Morgan fingerprint density at radius 1 is 1.19 bits per heavy atom. The van der Waals surface area contributed by atoms with Gasteiger partial charge in [-0.05, 0) is 61.2 Å². The number of hydrogen-bond donors (Lipinski definition) is 1. The number of rotatable bonds is 6. The summed E-state index contributed by atoms with van der Waals surface area (Å²) in [6, 6.07) is 14.8. The van der Waals surface area contributed by atoms with Gasteiger partial charge >= 0.3 is 0 Å². The summed E-state index contributed by atoms with van der Waals surface area (Å²) in [5, 5.41) is 4.44. The SMILES string of the molecule is CCCNC(Cc1ccccc1C)c1cc(Br)ccc1Cl. The molecule has 0 aromatic heterocycles. The van der Waals surface area contributed by atoms with Crippen molar-refractivity contribution in [2.45, 2.75) is 32.7 Å². The molecule has 21 heavy (non-hydrogen) atoms. The molecule has 0 saturated carbocycles. The van der Waals surface area contributed by atoms with Crippen molar-refractivity contribution >= 4 is 27.5 Å². The lowest BCUT2D eigenvalue weighted by Crippen LogP contribution is -2.24. The summed E-state index contributed by atoms with van der Waals surface area (Å²) in [7, 11) is 0. The lowest BCUT2D eigenvalue weighted by atomic mass is 9.96. The van der Waals surface area contributed by atoms with Crippen molar-refractivity contribution in [1.82, 2.24) is 5.32 Å². The minimum Gasteiger partial charge on any atom is -0.310 e. The molecule has 1 N–H and O–H groups in total. The van der Waals surface area contributed by atoms with Crippen molar-refractivity contribution in [1.29, 1.82) is 0 Å². The Kier molecular flexibility index (Phi) is 6.28. The van der Waals surface area contributed by atoms with Gasteiger partial charge in [0.15, 0.2) is 0 Å². The van der Waals surface area contributed by atoms with Gasteiger partial charge in [0.1, 0.15) is 0 Å². The summed E-state index contributed by atoms with van der Waals surface area (Å²) in [6.45, 7) is 5.33. The van der Waals surface area contributed by atoms with Crippen LogP contribution in [-0.2, 0) is 6.42 Å². The Morgan fingerprint density at radius 2 is 1.95 bits per heavy atom. The molecule has 0 aliphatic heterocycles. The van der Waals surface area contributed by atoms with E-state index in [2.05, 4.69) is 65.4 Å². The van der Waals surface area contributed by atoms with Crippen LogP contribution in [0, 0.1) is 6.92 Å². The molecular weight excluding hydrogens is 346 g/mol. The van der Waals surface area contributed by atoms with E-state index in [-0.39, 0.29) is 6.04 Å². The lowest BCUT2D eigenvalue weighted by Gasteiger charge is -2.21. The van der Waals surface area contributed by atoms with Crippen molar-refractivity contribution in [3.63, 3.8) is 0 Å². The van der Waals surface area contributed by atoms with Gasteiger partial charge < -0.3 is 5.32 Å². The lowest BCUT2D eigenvalue weighted by molar-refractivity contribution is 0.528. The molecule has 0 aliphatic carbocycles. The van der Waals surface area contributed by atoms with Crippen LogP contribution in [0.25, 0.3) is 0 Å². The van der Waals surface area contributed by atoms with Crippen LogP contribution < -0.4 is 5.32 Å². The van der Waals surface area contributed by atoms with E-state index in [0.29, 0.717) is 0 Å². The van der Waals surface area contributed by atoms with Crippen LogP contribution in [0.2, 0.25) is 5.02 Å². The fraction of sp³-hybridized carbons (Fsp3) is 0.333. The van der Waals surface area contributed by atoms with Gasteiger partial charge in [-0.2, -0.15) is 0 Å². The van der Waals surface area contributed by atoms with E-state index in [9.17, 15) is 0 Å². The van der Waals surface area contributed by atoms with Crippen LogP contribution in [0.15, 0.2) is 46.9 Å². The molecule has 1 unspecified atom stereocenters. The van der Waals surface area contributed by atoms with Crippen molar-refractivity contribution in [2.75, 3.05) is 6.54 Å². The molecule has 1 nitrogen and oxygen atoms in total. The molecule has 0 heterocycles. The number of halogens is 2. The predicted octanol–water partition coefficient (Wildman–Crippen LogP) is 5.69. The zero-order chi connectivity index (χ0) is 15.2. The summed E-state index contributed by atoms with van der Waals surface area (Å²) in [6.07, 6.45) is 2.05. The molecule has 0 amide bonds. The van der Waals surface area contributed by atoms with Crippen LogP contribution in [0.1, 0.15) is 36.1 Å². The van der Waals surface area contributed by atoms with Gasteiger partial charge in [0.25, 0.3) is 0 Å². The normalized spacial score (nSPS) is 12.4. The average Bonchev–Trinajstić information content (AvgIpc) is 2.48. The summed E-state index contributed by atoms with van der Waals surface area (Å²) >= 11 is 9.96. The molecule has 0 fully saturated rings. The zero-order valence-electron chi connectivity index (χ0n) is 12.5. The topological polar surface area (TPSA) is 12.0 Å². The first kappa shape index (κ1) is 16.5. The Morgan fingerprint density at radius 3 is 2.67 bits per heavy atom. The molecule has 3 heteroatoms. The average molecular weight is 367 g/mol. The monoisotopic (exact) mass is 365 g/mol. The van der Waals surface area contributed by atoms with Gasteiger partial charge in [-0.25, -0.2) is 0 Å². The molecule has 0 radical (unpaired) electrons. The largest absolute Gasteiger partial charge is 0.310 e. The number of hydrogen-bond acceptors (Lipinski definition) is 1. The molecule has 0 aliphatic rings. The smallest absolute Gasteiger partial charge is 0.0454 e. The molecule has 112 valence electrons. The Balaban J connectivity index is 2.30. The van der Waals surface area contributed by atoms with Gasteiger partial charge in [-0.1, -0.05) is 58.7 Å². The highest BCUT2D eigenvalue weighted by molar-refractivity contribution is 9.10. The van der Waals surface area contributed by atoms with Crippen molar-refractivity contribution in [2.24, 2.45) is 0 Å². The van der Waals surface area contributed by atoms with E-state index in [0.717, 1.165) is 34.4 Å². The second-order valence-electron chi connectivity index (χ2n) is 5.30. The second-order valence-corrected chi connectivity index (χ2v) is 6.63. The third-order valence-corrected chi connectivity index (χ3v) is 4.50. The second kappa shape index (κ2) is 7.98. The Hall–Kier alpha value is -0.830. The molecule has 0 spiro atoms. The molecule has 2 rings (SSSR count). The van der Waals surface area contributed by atoms with E-state index in [1.165, 1.54) is 11.1 Å². The van der Waals surface area contributed by atoms with Crippen molar-refractivity contribution in [3.8, 4) is 0 Å². The minimum atomic E-state index is 0.232. The van der Waals surface area contributed by atoms with E-state index in [1.807, 2.05) is 12.1 Å². The van der Waals surface area contributed by atoms with Gasteiger partial charge in [-0.15, -0.1) is 0 Å². The minimum absolute atomic E-state index is 0.232. The molecular formula is C18H21BrClN. The number of benzene rings is 2. The van der Waals surface area contributed by atoms with E-state index < -0.39 is 0 Å². The number of nitrogens with one attached hydrogen (secondary N) is 1. The maximum Gasteiger partial charge on any atom is 0.0454 e. The highest BCUT2D eigenvalue weighted by atomic mass is 79.9. The first-order valence-corrected chi connectivity index (χ1v) is 8.51. The number of aryl methyl sites for hydroxylation is 1.